The number of carbonyl (C=O) groups is 1. The molecule has 0 atom stereocenters. The van der Waals surface area contributed by atoms with Crippen LogP contribution in [0.25, 0.3) is 0 Å². The summed E-state index contributed by atoms with van der Waals surface area (Å²) in [4.78, 5) is 16.4. The Bertz CT molecular complexity index is 379. The fourth-order valence-electron chi connectivity index (χ4n) is 2.37. The van der Waals surface area contributed by atoms with Crippen LogP contribution in [0.2, 0.25) is 0 Å². The maximum Gasteiger partial charge on any atom is 0.271 e. The summed E-state index contributed by atoms with van der Waals surface area (Å²) in [6, 6.07) is 2.41. The monoisotopic (exact) mass is 235 g/mol. The molecule has 2 fully saturated rings. The molecule has 2 aliphatic rings. The van der Waals surface area contributed by atoms with Crippen molar-refractivity contribution in [3.8, 4) is 0 Å². The SMILES string of the molecule is O=C(c1ccn[nH]1)N1CCN(C2CNC2)CC1. The number of carbonyl (C=O) groups excluding carboxylic acids is 1. The number of aromatic amines is 1. The van der Waals surface area contributed by atoms with E-state index in [0.29, 0.717) is 11.7 Å². The van der Waals surface area contributed by atoms with E-state index in [-0.39, 0.29) is 5.91 Å². The number of H-pyrrole nitrogens is 1. The van der Waals surface area contributed by atoms with Gasteiger partial charge in [0, 0.05) is 51.5 Å². The Morgan fingerprint density at radius 1 is 1.29 bits per heavy atom. The number of aromatic nitrogens is 2. The molecule has 2 aliphatic heterocycles. The largest absolute Gasteiger partial charge is 0.335 e. The zero-order valence-corrected chi connectivity index (χ0v) is 9.72. The maximum absolute atomic E-state index is 12.0. The number of rotatable bonds is 2. The van der Waals surface area contributed by atoms with E-state index >= 15 is 0 Å². The van der Waals surface area contributed by atoms with Gasteiger partial charge in [-0.2, -0.15) is 5.10 Å². The highest BCUT2D eigenvalue weighted by atomic mass is 16.2. The minimum atomic E-state index is 0.0638. The van der Waals surface area contributed by atoms with Gasteiger partial charge in [-0.15, -0.1) is 0 Å². The van der Waals surface area contributed by atoms with E-state index in [4.69, 9.17) is 0 Å². The molecule has 0 spiro atoms. The summed E-state index contributed by atoms with van der Waals surface area (Å²) < 4.78 is 0. The number of nitrogens with zero attached hydrogens (tertiary/aromatic N) is 3. The van der Waals surface area contributed by atoms with Gasteiger partial charge in [-0.1, -0.05) is 0 Å². The van der Waals surface area contributed by atoms with E-state index in [2.05, 4.69) is 20.4 Å². The van der Waals surface area contributed by atoms with E-state index in [1.165, 1.54) is 0 Å². The van der Waals surface area contributed by atoms with Gasteiger partial charge in [-0.3, -0.25) is 14.8 Å². The lowest BCUT2D eigenvalue weighted by Gasteiger charge is -2.43. The van der Waals surface area contributed by atoms with Crippen molar-refractivity contribution in [2.45, 2.75) is 6.04 Å². The van der Waals surface area contributed by atoms with Crippen LogP contribution in [0, 0.1) is 0 Å². The first-order valence-electron chi connectivity index (χ1n) is 6.08. The average Bonchev–Trinajstić information content (AvgIpc) is 2.80. The third kappa shape index (κ3) is 2.05. The molecule has 0 aromatic carbocycles. The molecule has 1 aromatic heterocycles. The predicted molar refractivity (Wildman–Crippen MR) is 62.7 cm³/mol. The molecule has 92 valence electrons. The molecule has 6 heteroatoms. The van der Waals surface area contributed by atoms with Crippen LogP contribution in [0.4, 0.5) is 0 Å². The Morgan fingerprint density at radius 3 is 2.59 bits per heavy atom. The van der Waals surface area contributed by atoms with Crippen LogP contribution in [0.15, 0.2) is 12.3 Å². The average molecular weight is 235 g/mol. The molecule has 2 saturated heterocycles. The predicted octanol–water partition coefficient (Wildman–Crippen LogP) is -0.861. The molecule has 2 N–H and O–H groups in total. The summed E-state index contributed by atoms with van der Waals surface area (Å²) in [5, 5.41) is 9.82. The first-order chi connectivity index (χ1) is 8.34. The Hall–Kier alpha value is -1.40. The molecule has 0 unspecified atom stereocenters. The van der Waals surface area contributed by atoms with E-state index in [0.717, 1.165) is 39.3 Å². The zero-order chi connectivity index (χ0) is 11.7. The summed E-state index contributed by atoms with van der Waals surface area (Å²) in [6.07, 6.45) is 1.61. The van der Waals surface area contributed by atoms with Crippen molar-refractivity contribution in [1.29, 1.82) is 0 Å². The normalized spacial score (nSPS) is 22.5. The fourth-order valence-corrected chi connectivity index (χ4v) is 2.37. The molecule has 6 nitrogen and oxygen atoms in total. The summed E-state index contributed by atoms with van der Waals surface area (Å²) in [5.41, 5.74) is 0.587. The van der Waals surface area contributed by atoms with Gasteiger partial charge in [0.15, 0.2) is 0 Å². The van der Waals surface area contributed by atoms with Crippen molar-refractivity contribution in [2.24, 2.45) is 0 Å². The Kier molecular flexibility index (Phi) is 2.82. The smallest absolute Gasteiger partial charge is 0.271 e. The summed E-state index contributed by atoms with van der Waals surface area (Å²) >= 11 is 0. The first-order valence-corrected chi connectivity index (χ1v) is 6.08. The van der Waals surface area contributed by atoms with Gasteiger partial charge in [-0.05, 0) is 6.07 Å². The van der Waals surface area contributed by atoms with Gasteiger partial charge in [0.2, 0.25) is 0 Å². The standard InChI is InChI=1S/C11H17N5O/c17-11(10-1-2-13-14-10)16-5-3-15(4-6-16)9-7-12-8-9/h1-2,9,12H,3-8H2,(H,13,14). The van der Waals surface area contributed by atoms with E-state index in [1.807, 2.05) is 4.90 Å². The van der Waals surface area contributed by atoms with Gasteiger partial charge < -0.3 is 10.2 Å². The minimum Gasteiger partial charge on any atom is -0.335 e. The van der Waals surface area contributed by atoms with Crippen molar-refractivity contribution in [1.82, 2.24) is 25.3 Å². The molecule has 0 aliphatic carbocycles. The molecular formula is C11H17N5O. The molecular weight excluding hydrogens is 218 g/mol. The molecule has 3 heterocycles. The van der Waals surface area contributed by atoms with E-state index in [1.54, 1.807) is 12.3 Å². The van der Waals surface area contributed by atoms with Gasteiger partial charge in [0.05, 0.1) is 0 Å². The molecule has 1 amide bonds. The maximum atomic E-state index is 12.0. The van der Waals surface area contributed by atoms with Gasteiger partial charge >= 0.3 is 0 Å². The lowest BCUT2D eigenvalue weighted by molar-refractivity contribution is 0.0497. The lowest BCUT2D eigenvalue weighted by Crippen LogP contribution is -2.62. The molecule has 17 heavy (non-hydrogen) atoms. The second kappa shape index (κ2) is 4.46. The zero-order valence-electron chi connectivity index (χ0n) is 9.72. The number of hydrogen-bond donors (Lipinski definition) is 2. The molecule has 3 rings (SSSR count). The quantitative estimate of drug-likeness (QED) is 0.700. The van der Waals surface area contributed by atoms with Crippen LogP contribution in [0.1, 0.15) is 10.5 Å². The van der Waals surface area contributed by atoms with Gasteiger partial charge in [0.25, 0.3) is 5.91 Å². The molecule has 0 saturated carbocycles. The summed E-state index contributed by atoms with van der Waals surface area (Å²) in [7, 11) is 0. The summed E-state index contributed by atoms with van der Waals surface area (Å²) in [6.45, 7) is 5.77. The number of piperazine rings is 1. The highest BCUT2D eigenvalue weighted by Gasteiger charge is 2.29. The highest BCUT2D eigenvalue weighted by molar-refractivity contribution is 5.92. The van der Waals surface area contributed by atoms with Crippen LogP contribution < -0.4 is 5.32 Å². The molecule has 1 aromatic rings. The van der Waals surface area contributed by atoms with Crippen LogP contribution >= 0.6 is 0 Å². The van der Waals surface area contributed by atoms with E-state index in [9.17, 15) is 4.79 Å². The van der Waals surface area contributed by atoms with Crippen LogP contribution in [0.5, 0.6) is 0 Å². The van der Waals surface area contributed by atoms with Crippen molar-refractivity contribution in [3.63, 3.8) is 0 Å². The van der Waals surface area contributed by atoms with Gasteiger partial charge in [-0.25, -0.2) is 0 Å². The van der Waals surface area contributed by atoms with Crippen molar-refractivity contribution in [3.05, 3.63) is 18.0 Å². The van der Waals surface area contributed by atoms with Crippen molar-refractivity contribution < 1.29 is 4.79 Å². The third-order valence-corrected chi connectivity index (χ3v) is 3.61. The Balaban J connectivity index is 1.55. The second-order valence-electron chi connectivity index (χ2n) is 4.61. The number of amides is 1. The topological polar surface area (TPSA) is 64.3 Å². The minimum absolute atomic E-state index is 0.0638. The third-order valence-electron chi connectivity index (χ3n) is 3.61. The molecule has 0 radical (unpaired) electrons. The summed E-state index contributed by atoms with van der Waals surface area (Å²) in [5.74, 6) is 0.0638. The molecule has 0 bridgehead atoms. The van der Waals surface area contributed by atoms with Crippen molar-refractivity contribution >= 4 is 5.91 Å². The van der Waals surface area contributed by atoms with E-state index < -0.39 is 0 Å². The highest BCUT2D eigenvalue weighted by Crippen LogP contribution is 2.11. The van der Waals surface area contributed by atoms with Crippen LogP contribution in [-0.2, 0) is 0 Å². The van der Waals surface area contributed by atoms with Crippen LogP contribution in [-0.4, -0.2) is 71.2 Å². The lowest BCUT2D eigenvalue weighted by atomic mass is 10.1. The Labute approximate surface area is 100.0 Å². The number of hydrogen-bond acceptors (Lipinski definition) is 4. The van der Waals surface area contributed by atoms with Gasteiger partial charge in [0.1, 0.15) is 5.69 Å². The van der Waals surface area contributed by atoms with Crippen LogP contribution in [0.3, 0.4) is 0 Å². The number of nitrogens with one attached hydrogen (secondary N) is 2. The van der Waals surface area contributed by atoms with Crippen molar-refractivity contribution in [2.75, 3.05) is 39.3 Å². The first kappa shape index (κ1) is 10.7. The second-order valence-corrected chi connectivity index (χ2v) is 4.61. The fraction of sp³-hybridized carbons (Fsp3) is 0.636. The Morgan fingerprint density at radius 2 is 2.06 bits per heavy atom.